The molecule has 16 aromatic rings. The smallest absolute Gasteiger partial charge is 0.337 e. The minimum Gasteiger partial charge on any atom is -0.495 e. The molecule has 3 fully saturated rings. The number of rotatable bonds is 16. The Kier molecular flexibility index (Phi) is 21.2. The first-order valence-electron chi connectivity index (χ1n) is 40.1. The molecule has 1 saturated heterocycles. The van der Waals surface area contributed by atoms with E-state index in [1.54, 1.807) is 62.8 Å². The number of hydrogen-bond acceptors (Lipinski definition) is 16. The Morgan fingerprint density at radius 2 is 0.873 bits per heavy atom. The van der Waals surface area contributed by atoms with Crippen molar-refractivity contribution in [2.45, 2.75) is 109 Å². The molecular weight excluding hydrogens is 1470 g/mol. The average Bonchev–Trinajstić information content (AvgIpc) is 1.53. The molecule has 22 heteroatoms. The zero-order valence-corrected chi connectivity index (χ0v) is 67.5. The molecule has 1 amide bonds. The van der Waals surface area contributed by atoms with Crippen molar-refractivity contribution in [2.24, 2.45) is 18.4 Å². The molecule has 2 aliphatic carbocycles. The Hall–Kier alpha value is -13.9. The number of carbonyl (C=O) groups excluding carboxylic acids is 1. The number of likely N-dealkylation sites (tertiary alicyclic amines) is 1. The van der Waals surface area contributed by atoms with Gasteiger partial charge in [0.2, 0.25) is 23.8 Å². The fourth-order valence-corrected chi connectivity index (χ4v) is 17.5. The normalized spacial score (nSPS) is 14.8. The number of carboxylic acids is 1. The van der Waals surface area contributed by atoms with Gasteiger partial charge in [0.15, 0.2) is 0 Å². The average molecular weight is 1570 g/mol. The summed E-state index contributed by atoms with van der Waals surface area (Å²) in [4.78, 5) is 69.3. The quantitative estimate of drug-likeness (QED) is 0.0445. The van der Waals surface area contributed by atoms with Crippen molar-refractivity contribution < 1.29 is 19.4 Å². The molecule has 8 aromatic heterocycles. The number of H-pyrrole nitrogens is 3. The first kappa shape index (κ1) is 78.0. The van der Waals surface area contributed by atoms with Crippen LogP contribution in [0.2, 0.25) is 0 Å². The number of para-hydroxylation sites is 4. The first-order valence-corrected chi connectivity index (χ1v) is 40.1. The van der Waals surface area contributed by atoms with Crippen LogP contribution in [0.3, 0.4) is 0 Å². The van der Waals surface area contributed by atoms with Crippen LogP contribution in [0.5, 0.6) is 5.75 Å². The summed E-state index contributed by atoms with van der Waals surface area (Å²) in [7, 11) is 3.71. The molecule has 118 heavy (non-hydrogen) atoms. The predicted molar refractivity (Wildman–Crippen MR) is 469 cm³/mol. The summed E-state index contributed by atoms with van der Waals surface area (Å²) in [5.74, 6) is 1.76. The summed E-state index contributed by atoms with van der Waals surface area (Å²) in [5.41, 5.74) is 45.0. The molecule has 2 atom stereocenters. The van der Waals surface area contributed by atoms with E-state index in [0.29, 0.717) is 17.0 Å². The highest BCUT2D eigenvalue weighted by Crippen LogP contribution is 2.54. The Morgan fingerprint density at radius 3 is 1.29 bits per heavy atom. The van der Waals surface area contributed by atoms with Gasteiger partial charge >= 0.3 is 5.97 Å². The number of nitrogens with zero attached hydrogens (tertiary/aromatic N) is 11. The number of aryl methyl sites for hydroxylation is 1. The van der Waals surface area contributed by atoms with Crippen molar-refractivity contribution in [2.75, 3.05) is 43.1 Å². The van der Waals surface area contributed by atoms with Gasteiger partial charge < -0.3 is 52.6 Å². The van der Waals surface area contributed by atoms with Crippen LogP contribution in [0.4, 0.5) is 23.8 Å². The molecule has 0 spiro atoms. The lowest BCUT2D eigenvalue weighted by Gasteiger charge is -2.43. The molecule has 9 heterocycles. The van der Waals surface area contributed by atoms with Gasteiger partial charge in [0.1, 0.15) is 5.75 Å². The minimum absolute atomic E-state index is 0.0168. The van der Waals surface area contributed by atoms with Gasteiger partial charge in [0.25, 0.3) is 5.91 Å². The third kappa shape index (κ3) is 14.7. The topological polar surface area (TPSA) is 339 Å². The number of carboxylic acid groups (broad SMARTS) is 1. The highest BCUT2D eigenvalue weighted by atomic mass is 16.5. The first-order chi connectivity index (χ1) is 57.0. The summed E-state index contributed by atoms with van der Waals surface area (Å²) in [6.07, 6.45) is 28.0. The van der Waals surface area contributed by atoms with Crippen LogP contribution in [-0.2, 0) is 23.3 Å². The van der Waals surface area contributed by atoms with Crippen molar-refractivity contribution >= 4 is 79.3 Å². The third-order valence-electron chi connectivity index (χ3n) is 24.6. The summed E-state index contributed by atoms with van der Waals surface area (Å²) in [5, 5.41) is 19.0. The molecule has 2 unspecified atom stereocenters. The lowest BCUT2D eigenvalue weighted by atomic mass is 9.60. The number of methoxy groups -OCH3 is 1. The predicted octanol–water partition coefficient (Wildman–Crippen LogP) is 18.9. The SMILES string of the molecule is COc1cccc2c(C(C)(c3ccc(-c4cnc(N)nc4)cc3)C(C)C)c[nH]c12.Cn1nc(C(c2ccc(-c3cnc(N)nc3)cc2)C(C)(C)C)c2ccccc21.Nc1ncc(-c2ccc(C3(c4c[nH]c5c(C(=O)N6CCC6)cccc45)CCC3)cc2)cn1.Nc1ncc(-c2ccc(C3(c4c[nH]c5c(C(=O)O)cccc45)CCC3)cc2)cn1. The number of benzene rings is 8. The summed E-state index contributed by atoms with van der Waals surface area (Å²) >= 11 is 0. The van der Waals surface area contributed by atoms with Gasteiger partial charge in [-0.25, -0.2) is 44.7 Å². The van der Waals surface area contributed by atoms with E-state index in [-0.39, 0.29) is 57.3 Å². The largest absolute Gasteiger partial charge is 0.495 e. The maximum absolute atomic E-state index is 12.9. The number of aromatic nitrogens is 13. The molecule has 1 aliphatic heterocycles. The second-order valence-corrected chi connectivity index (χ2v) is 32.6. The molecule has 19 rings (SSSR count). The Bertz CT molecular complexity index is 6280. The van der Waals surface area contributed by atoms with E-state index in [1.165, 1.54) is 56.1 Å². The van der Waals surface area contributed by atoms with Gasteiger partial charge in [-0.1, -0.05) is 206 Å². The summed E-state index contributed by atoms with van der Waals surface area (Å²) < 4.78 is 7.52. The Morgan fingerprint density at radius 1 is 0.466 bits per heavy atom. The van der Waals surface area contributed by atoms with Crippen LogP contribution in [-0.4, -0.2) is 107 Å². The third-order valence-corrected chi connectivity index (χ3v) is 24.6. The van der Waals surface area contributed by atoms with Crippen LogP contribution in [0.25, 0.3) is 88.1 Å². The standard InChI is InChI=1S/C26H25N5O.C24H26N4O.C23H25N5.C23H20N4O2/c27-25-29-14-18(15-30-25)17-6-8-19(9-7-17)26(10-2-11-26)22-16-28-23-20(22)4-1-5-21(23)24(32)31-12-3-13-31;1-15(2)24(3,20-14-26-22-19(20)6-5-7-21(22)29-4)18-10-8-16(9-11-18)17-12-27-23(25)28-13-17;1-23(2,3)20(21-18-7-5-6-8-19(18)28(4)27-21)16-11-9-15(10-12-16)17-13-25-22(24)26-14-17;24-22-26-11-15(12-27-22)14-5-7-16(8-6-14)23(9-2-10-23)19-13-25-20-17(19)3-1-4-18(20)21(28)29/h1,4-9,14-16,28H,2-3,10-13H2,(H2,27,29,30);5-15,26H,1-4H3,(H2,25,27,28);5-14,20H,1-4H3,(H2,24,25,26);1,3-8,11-13,25H,2,9-10H2,(H,28,29)(H2,24,26,27). The Labute approximate surface area is 684 Å². The fraction of sp³-hybridized carbons (Fsp3) is 0.240. The minimum atomic E-state index is -0.915. The van der Waals surface area contributed by atoms with E-state index in [2.05, 4.69) is 242 Å². The molecule has 594 valence electrons. The number of nitrogens with two attached hydrogens (primary N) is 4. The van der Waals surface area contributed by atoms with E-state index in [0.717, 1.165) is 140 Å². The number of aromatic carboxylic acids is 1. The van der Waals surface area contributed by atoms with E-state index < -0.39 is 5.97 Å². The second kappa shape index (κ2) is 32.1. The van der Waals surface area contributed by atoms with Gasteiger partial charge in [-0.3, -0.25) is 9.48 Å². The summed E-state index contributed by atoms with van der Waals surface area (Å²) in [6, 6.07) is 60.6. The van der Waals surface area contributed by atoms with Crippen LogP contribution in [0.15, 0.2) is 244 Å². The highest BCUT2D eigenvalue weighted by molar-refractivity contribution is 6.07. The van der Waals surface area contributed by atoms with Crippen molar-refractivity contribution in [3.05, 3.63) is 300 Å². The number of hydrogen-bond donors (Lipinski definition) is 8. The lowest BCUT2D eigenvalue weighted by molar-refractivity contribution is 0.0652. The molecule has 3 aliphatic rings. The molecule has 22 nitrogen and oxygen atoms in total. The maximum atomic E-state index is 12.9. The van der Waals surface area contributed by atoms with Gasteiger partial charge in [-0.2, -0.15) is 5.10 Å². The van der Waals surface area contributed by atoms with Crippen LogP contribution in [0, 0.1) is 11.3 Å². The Balaban J connectivity index is 0.000000118. The van der Waals surface area contributed by atoms with Gasteiger partial charge in [-0.15, -0.1) is 0 Å². The molecule has 8 aromatic carbocycles. The zero-order chi connectivity index (χ0) is 82.2. The van der Waals surface area contributed by atoms with Gasteiger partial charge in [0, 0.05) is 154 Å². The number of amides is 1. The molecule has 2 saturated carbocycles. The number of fused-ring (bicyclic) bond motifs is 4. The zero-order valence-electron chi connectivity index (χ0n) is 67.5. The number of aromatic amines is 3. The van der Waals surface area contributed by atoms with E-state index in [1.807, 2.05) is 59.2 Å². The van der Waals surface area contributed by atoms with Crippen LogP contribution >= 0.6 is 0 Å². The number of carbonyl (C=O) groups is 2. The van der Waals surface area contributed by atoms with E-state index in [9.17, 15) is 14.7 Å². The summed E-state index contributed by atoms with van der Waals surface area (Å²) in [6.45, 7) is 15.4. The molecule has 0 radical (unpaired) electrons. The molecule has 12 N–H and O–H groups in total. The monoisotopic (exact) mass is 1560 g/mol. The maximum Gasteiger partial charge on any atom is 0.337 e. The van der Waals surface area contributed by atoms with Crippen LogP contribution < -0.4 is 27.7 Å². The van der Waals surface area contributed by atoms with Crippen molar-refractivity contribution in [1.82, 2.24) is 69.5 Å². The number of ether oxygens (including phenoxy) is 1. The number of nitrogen functional groups attached to an aromatic ring is 4. The second-order valence-electron chi connectivity index (χ2n) is 32.6. The lowest BCUT2D eigenvalue weighted by Crippen LogP contribution is -2.42. The van der Waals surface area contributed by atoms with E-state index in [4.69, 9.17) is 32.8 Å². The number of nitrogens with one attached hydrogen (secondary N) is 3. The van der Waals surface area contributed by atoms with Gasteiger partial charge in [0.05, 0.1) is 46.0 Å². The van der Waals surface area contributed by atoms with Crippen LogP contribution in [0.1, 0.15) is 158 Å². The highest BCUT2D eigenvalue weighted by Gasteiger charge is 2.44. The fourth-order valence-electron chi connectivity index (χ4n) is 17.5. The van der Waals surface area contributed by atoms with Crippen molar-refractivity contribution in [1.29, 1.82) is 0 Å². The van der Waals surface area contributed by atoms with Gasteiger partial charge in [-0.05, 0) is 129 Å². The van der Waals surface area contributed by atoms with E-state index >= 15 is 0 Å². The van der Waals surface area contributed by atoms with Crippen molar-refractivity contribution in [3.8, 4) is 50.3 Å². The molecular formula is C96H96N18O4. The number of anilines is 4. The van der Waals surface area contributed by atoms with Crippen molar-refractivity contribution in [3.63, 3.8) is 0 Å². The molecule has 0 bridgehead atoms.